The Balaban J connectivity index is 1.54. The van der Waals surface area contributed by atoms with Crippen molar-refractivity contribution >= 4 is 43.1 Å². The molecule has 0 fully saturated rings. The van der Waals surface area contributed by atoms with Crippen LogP contribution in [0, 0.1) is 0 Å². The quantitative estimate of drug-likeness (QED) is 0.137. The molecule has 0 saturated heterocycles. The van der Waals surface area contributed by atoms with Gasteiger partial charge in [-0.1, -0.05) is 175 Å². The maximum absolute atomic E-state index is 9.58. The van der Waals surface area contributed by atoms with E-state index in [1.165, 1.54) is 0 Å². The average Bonchev–Trinajstić information content (AvgIpc) is 3.47. The van der Waals surface area contributed by atoms with Gasteiger partial charge in [-0.15, -0.1) is 0 Å². The van der Waals surface area contributed by atoms with Crippen molar-refractivity contribution in [1.82, 2.24) is 0 Å². The first-order chi connectivity index (χ1) is 35.3. The van der Waals surface area contributed by atoms with Crippen molar-refractivity contribution in [2.75, 3.05) is 0 Å². The zero-order chi connectivity index (χ0) is 56.6. The molecular weight excluding hydrogens is 553 g/mol. The van der Waals surface area contributed by atoms with Crippen LogP contribution in [0.3, 0.4) is 0 Å². The lowest BCUT2D eigenvalue weighted by Gasteiger charge is -2.19. The highest BCUT2D eigenvalue weighted by Gasteiger charge is 2.18. The van der Waals surface area contributed by atoms with Crippen LogP contribution in [0.2, 0.25) is 0 Å². The van der Waals surface area contributed by atoms with Crippen LogP contribution >= 0.6 is 0 Å². The van der Waals surface area contributed by atoms with Gasteiger partial charge in [0, 0.05) is 0 Å². The molecule has 0 aliphatic carbocycles. The van der Waals surface area contributed by atoms with Gasteiger partial charge in [0.15, 0.2) is 0 Å². The Morgan fingerprint density at radius 2 is 0.739 bits per heavy atom. The number of benzene rings is 9. The molecule has 0 atom stereocenters. The van der Waals surface area contributed by atoms with Crippen molar-refractivity contribution in [2.24, 2.45) is 0 Å². The van der Waals surface area contributed by atoms with Crippen LogP contribution in [0.15, 0.2) is 181 Å². The van der Waals surface area contributed by atoms with Gasteiger partial charge in [-0.25, -0.2) is 0 Å². The summed E-state index contributed by atoms with van der Waals surface area (Å²) in [4.78, 5) is 0. The second kappa shape index (κ2) is 10.9. The summed E-state index contributed by atoms with van der Waals surface area (Å²) < 4.78 is 269. The molecule has 0 unspecified atom stereocenters. The topological polar surface area (TPSA) is 0 Å². The molecule has 0 nitrogen and oxygen atoms in total. The van der Waals surface area contributed by atoms with E-state index in [2.05, 4.69) is 0 Å². The average molecular weight is 613 g/mol. The van der Waals surface area contributed by atoms with Crippen LogP contribution < -0.4 is 0 Å². The first-order valence-electron chi connectivity index (χ1n) is 28.5. The summed E-state index contributed by atoms with van der Waals surface area (Å²) in [5, 5.41) is -5.47. The smallest absolute Gasteiger partial charge is 0.0622 e. The Kier molecular flexibility index (Phi) is 2.37. The summed E-state index contributed by atoms with van der Waals surface area (Å²) in [6.07, 6.45) is 0. The van der Waals surface area contributed by atoms with E-state index >= 15 is 0 Å². The van der Waals surface area contributed by atoms with Gasteiger partial charge in [0.2, 0.25) is 0 Å². The van der Waals surface area contributed by atoms with Crippen molar-refractivity contribution in [2.45, 2.75) is 0 Å². The van der Waals surface area contributed by atoms with E-state index in [-0.39, 0.29) is 0 Å². The van der Waals surface area contributed by atoms with E-state index in [1.54, 1.807) is 0 Å². The molecule has 0 spiro atoms. The summed E-state index contributed by atoms with van der Waals surface area (Å²) in [7, 11) is 0. The van der Waals surface area contributed by atoms with Gasteiger partial charge in [0.05, 0.1) is 41.1 Å². The van der Waals surface area contributed by atoms with Crippen LogP contribution in [0.4, 0.5) is 0 Å². The minimum absolute atomic E-state index is 0.488. The van der Waals surface area contributed by atoms with Gasteiger partial charge in [-0.3, -0.25) is 0 Å². The minimum atomic E-state index is -1.15. The Hall–Kier alpha value is -5.98. The lowest BCUT2D eigenvalue weighted by molar-refractivity contribution is 1.60. The molecule has 9 rings (SSSR count). The standard InChI is InChI=1S/C46H30/c1-2-12-32(13-3-1)38-16-6-7-17-40(38)46-43-20-10-8-18-41(43)45(42-19-9-11-21-44(42)46)34-25-22-31(23-26-34)35-28-29-39-36(30-35)27-24-33-14-4-5-15-37(33)39/h1-30H/i1D,2D,3D,4D,5D,6D,7D,8D,9D,10D,11D,12D,13D,14D,15D,16D,17D,18D,19D,20D,21D,22D,23D,24D,25D,26D,27D,28D,29D,30D. The second-order valence-corrected chi connectivity index (χ2v) is 9.75. The lowest BCUT2D eigenvalue weighted by Crippen LogP contribution is -1.92. The van der Waals surface area contributed by atoms with Crippen LogP contribution in [0.1, 0.15) is 41.1 Å². The third kappa shape index (κ3) is 4.30. The SMILES string of the molecule is [2H]c1c([2H])c([2H])c(-c2c([2H])c([2H])c([2H])c([2H])c2-c2c3c([2H])c([2H])c([2H])c([2H])c3c(-c3c([2H])c([2H])c(-c4c([2H])c([2H])c5c(c4[2H])c([2H])c([2H])c4c([2H])c([2H])c([2H])c([2H])c45)c([2H])c3[2H])c3c([2H])c([2H])c([2H])c([2H])c23)c([2H])c1[2H]. The van der Waals surface area contributed by atoms with Gasteiger partial charge in [-0.05, 0) is 93.6 Å². The van der Waals surface area contributed by atoms with Crippen LogP contribution in [0.5, 0.6) is 0 Å². The van der Waals surface area contributed by atoms with Gasteiger partial charge < -0.3 is 0 Å². The van der Waals surface area contributed by atoms with Gasteiger partial charge in [0.1, 0.15) is 0 Å². The molecule has 0 saturated carbocycles. The minimum Gasteiger partial charge on any atom is -0.0622 e. The van der Waals surface area contributed by atoms with E-state index in [0.717, 1.165) is 0 Å². The molecule has 9 aromatic rings. The molecule has 0 N–H and O–H groups in total. The number of hydrogen-bond donors (Lipinski definition) is 0. The number of hydrogen-bond acceptors (Lipinski definition) is 0. The molecule has 0 heteroatoms. The van der Waals surface area contributed by atoms with Gasteiger partial charge in [0.25, 0.3) is 0 Å². The molecule has 214 valence electrons. The Bertz CT molecular complexity index is 4140. The predicted octanol–water partition coefficient (Wildman–Crippen LogP) is 13.0. The summed E-state index contributed by atoms with van der Waals surface area (Å²) in [5.41, 5.74) is -6.89. The molecule has 46 heavy (non-hydrogen) atoms. The Labute approximate surface area is 311 Å². The third-order valence-electron chi connectivity index (χ3n) is 7.25. The molecule has 0 amide bonds. The third-order valence-corrected chi connectivity index (χ3v) is 7.25. The fourth-order valence-electron chi connectivity index (χ4n) is 5.28. The summed E-state index contributed by atoms with van der Waals surface area (Å²) in [6.45, 7) is 0. The summed E-state index contributed by atoms with van der Waals surface area (Å²) in [6, 6.07) is -29.8. The fourth-order valence-corrected chi connectivity index (χ4v) is 5.28. The van der Waals surface area contributed by atoms with E-state index in [1.807, 2.05) is 0 Å². The second-order valence-electron chi connectivity index (χ2n) is 9.75. The highest BCUT2D eigenvalue weighted by atomic mass is 14.2. The van der Waals surface area contributed by atoms with E-state index in [9.17, 15) is 13.7 Å². The normalized spacial score (nSPS) is 20.6. The Morgan fingerprint density at radius 1 is 0.261 bits per heavy atom. The van der Waals surface area contributed by atoms with Crippen molar-refractivity contribution in [3.63, 3.8) is 0 Å². The van der Waals surface area contributed by atoms with E-state index in [0.29, 0.717) is 0 Å². The lowest BCUT2D eigenvalue weighted by atomic mass is 9.83. The maximum atomic E-state index is 9.58. The monoisotopic (exact) mass is 612 g/mol. The van der Waals surface area contributed by atoms with Gasteiger partial charge >= 0.3 is 0 Å². The zero-order valence-corrected chi connectivity index (χ0v) is 23.0. The van der Waals surface area contributed by atoms with Crippen LogP contribution in [0.25, 0.3) is 87.6 Å². The Morgan fingerprint density at radius 3 is 1.43 bits per heavy atom. The predicted molar refractivity (Wildman–Crippen MR) is 198 cm³/mol. The van der Waals surface area contributed by atoms with Crippen molar-refractivity contribution in [1.29, 1.82) is 0 Å². The summed E-state index contributed by atoms with van der Waals surface area (Å²) >= 11 is 0. The zero-order valence-electron chi connectivity index (χ0n) is 53.0. The largest absolute Gasteiger partial charge is 0.0636 e. The molecular formula is C46H30. The molecule has 0 heterocycles. The number of rotatable bonds is 4. The maximum Gasteiger partial charge on any atom is 0.0636 e. The highest BCUT2D eigenvalue weighted by Crippen LogP contribution is 2.46. The number of fused-ring (bicyclic) bond motifs is 5. The first-order valence-corrected chi connectivity index (χ1v) is 13.5. The van der Waals surface area contributed by atoms with Gasteiger partial charge in [-0.2, -0.15) is 0 Å². The fraction of sp³-hybridized carbons (Fsp3) is 0. The van der Waals surface area contributed by atoms with Crippen LogP contribution in [-0.4, -0.2) is 0 Å². The van der Waals surface area contributed by atoms with E-state index < -0.39 is 269 Å². The molecule has 0 aliphatic rings. The molecule has 0 aromatic heterocycles. The molecule has 9 aromatic carbocycles. The first kappa shape index (κ1) is 10.0. The van der Waals surface area contributed by atoms with Crippen molar-refractivity contribution in [3.8, 4) is 44.5 Å². The molecule has 0 bridgehead atoms. The molecule has 0 aliphatic heterocycles. The molecule has 0 radical (unpaired) electrons. The van der Waals surface area contributed by atoms with Crippen molar-refractivity contribution in [3.05, 3.63) is 181 Å². The highest BCUT2D eigenvalue weighted by molar-refractivity contribution is 6.22. The summed E-state index contributed by atoms with van der Waals surface area (Å²) in [5.74, 6) is 0. The van der Waals surface area contributed by atoms with E-state index in [4.69, 9.17) is 27.4 Å². The van der Waals surface area contributed by atoms with Crippen LogP contribution in [-0.2, 0) is 0 Å². The van der Waals surface area contributed by atoms with Crippen molar-refractivity contribution < 1.29 is 41.1 Å².